The lowest BCUT2D eigenvalue weighted by atomic mass is 10.1. The third-order valence-electron chi connectivity index (χ3n) is 2.10. The van der Waals surface area contributed by atoms with E-state index in [4.69, 9.17) is 19.6 Å². The summed E-state index contributed by atoms with van der Waals surface area (Å²) in [5, 5.41) is 0. The number of hydrogen-bond donors (Lipinski definition) is 1. The molecule has 1 heterocycles. The summed E-state index contributed by atoms with van der Waals surface area (Å²) in [6.07, 6.45) is -0.200. The molecular weight excluding hydrogens is 194 g/mol. The molecular formula is C11H19NO3. The van der Waals surface area contributed by atoms with E-state index in [0.717, 1.165) is 11.5 Å². The molecule has 0 amide bonds. The standard InChI is InChI=1S/C11H19NO3/c1-8-4-5-10(15-8)11(9(2)12)14-7-6-13-3/h4-5,9,11H,6-7,12H2,1-3H3. The molecule has 2 unspecified atom stereocenters. The van der Waals surface area contributed by atoms with Gasteiger partial charge in [-0.15, -0.1) is 0 Å². The SMILES string of the molecule is COCCOC(c1ccc(C)o1)C(C)N. The van der Waals surface area contributed by atoms with E-state index >= 15 is 0 Å². The first-order valence-corrected chi connectivity index (χ1v) is 5.07. The quantitative estimate of drug-likeness (QED) is 0.730. The fourth-order valence-electron chi connectivity index (χ4n) is 1.36. The molecule has 1 aromatic rings. The topological polar surface area (TPSA) is 57.6 Å². The highest BCUT2D eigenvalue weighted by Gasteiger charge is 2.19. The van der Waals surface area contributed by atoms with Gasteiger partial charge < -0.3 is 19.6 Å². The third-order valence-corrected chi connectivity index (χ3v) is 2.10. The van der Waals surface area contributed by atoms with Crippen LogP contribution in [0.1, 0.15) is 24.5 Å². The zero-order chi connectivity index (χ0) is 11.3. The molecule has 0 aliphatic heterocycles. The van der Waals surface area contributed by atoms with E-state index in [1.165, 1.54) is 0 Å². The number of rotatable bonds is 6. The molecule has 0 aliphatic carbocycles. The van der Waals surface area contributed by atoms with Gasteiger partial charge in [0, 0.05) is 13.2 Å². The highest BCUT2D eigenvalue weighted by Crippen LogP contribution is 2.22. The van der Waals surface area contributed by atoms with Crippen molar-refractivity contribution >= 4 is 0 Å². The average Bonchev–Trinajstić information content (AvgIpc) is 2.59. The molecule has 1 rings (SSSR count). The average molecular weight is 213 g/mol. The Kier molecular flexibility index (Phi) is 4.81. The van der Waals surface area contributed by atoms with Gasteiger partial charge in [0.05, 0.1) is 13.2 Å². The summed E-state index contributed by atoms with van der Waals surface area (Å²) in [5.41, 5.74) is 5.83. The second-order valence-electron chi connectivity index (χ2n) is 3.59. The Hall–Kier alpha value is -0.840. The molecule has 0 saturated heterocycles. The largest absolute Gasteiger partial charge is 0.464 e. The molecule has 15 heavy (non-hydrogen) atoms. The van der Waals surface area contributed by atoms with E-state index in [9.17, 15) is 0 Å². The molecule has 0 aliphatic rings. The van der Waals surface area contributed by atoms with Crippen LogP contribution in [0, 0.1) is 6.92 Å². The molecule has 4 heteroatoms. The van der Waals surface area contributed by atoms with Crippen molar-refractivity contribution in [2.75, 3.05) is 20.3 Å². The van der Waals surface area contributed by atoms with Crippen LogP contribution in [0.15, 0.2) is 16.5 Å². The monoisotopic (exact) mass is 213 g/mol. The van der Waals surface area contributed by atoms with Crippen LogP contribution in [0.25, 0.3) is 0 Å². The first-order valence-electron chi connectivity index (χ1n) is 5.07. The molecule has 0 spiro atoms. The van der Waals surface area contributed by atoms with Gasteiger partial charge in [-0.1, -0.05) is 0 Å². The molecule has 0 saturated carbocycles. The van der Waals surface area contributed by atoms with E-state index < -0.39 is 0 Å². The number of nitrogens with two attached hydrogens (primary N) is 1. The summed E-state index contributed by atoms with van der Waals surface area (Å²) in [6.45, 7) is 4.87. The number of hydrogen-bond acceptors (Lipinski definition) is 4. The van der Waals surface area contributed by atoms with E-state index in [0.29, 0.717) is 13.2 Å². The minimum atomic E-state index is -0.200. The first kappa shape index (κ1) is 12.2. The fraction of sp³-hybridized carbons (Fsp3) is 0.636. The van der Waals surface area contributed by atoms with Crippen molar-refractivity contribution in [1.82, 2.24) is 0 Å². The lowest BCUT2D eigenvalue weighted by Gasteiger charge is -2.19. The third kappa shape index (κ3) is 3.66. The first-order chi connectivity index (χ1) is 7.15. The second-order valence-corrected chi connectivity index (χ2v) is 3.59. The summed E-state index contributed by atoms with van der Waals surface area (Å²) >= 11 is 0. The van der Waals surface area contributed by atoms with Crippen LogP contribution in [0.3, 0.4) is 0 Å². The van der Waals surface area contributed by atoms with Gasteiger partial charge in [0.1, 0.15) is 17.6 Å². The van der Waals surface area contributed by atoms with Crippen LogP contribution >= 0.6 is 0 Å². The number of ether oxygens (including phenoxy) is 2. The van der Waals surface area contributed by atoms with Crippen LogP contribution in [-0.4, -0.2) is 26.4 Å². The van der Waals surface area contributed by atoms with Crippen LogP contribution < -0.4 is 5.73 Å². The molecule has 0 fully saturated rings. The fourth-order valence-corrected chi connectivity index (χ4v) is 1.36. The Labute approximate surface area is 90.3 Å². The zero-order valence-corrected chi connectivity index (χ0v) is 9.53. The maximum Gasteiger partial charge on any atom is 0.134 e. The molecule has 1 aromatic heterocycles. The van der Waals surface area contributed by atoms with Gasteiger partial charge in [0.25, 0.3) is 0 Å². The Bertz CT molecular complexity index is 283. The van der Waals surface area contributed by atoms with E-state index in [2.05, 4.69) is 0 Å². The van der Waals surface area contributed by atoms with Crippen LogP contribution in [0.2, 0.25) is 0 Å². The van der Waals surface area contributed by atoms with Gasteiger partial charge in [-0.2, -0.15) is 0 Å². The Morgan fingerprint density at radius 2 is 2.13 bits per heavy atom. The van der Waals surface area contributed by atoms with Crippen molar-refractivity contribution in [2.24, 2.45) is 5.73 Å². The highest BCUT2D eigenvalue weighted by atomic mass is 16.5. The van der Waals surface area contributed by atoms with Crippen molar-refractivity contribution in [3.8, 4) is 0 Å². The lowest BCUT2D eigenvalue weighted by Crippen LogP contribution is -2.27. The summed E-state index contributed by atoms with van der Waals surface area (Å²) in [5.74, 6) is 1.64. The summed E-state index contributed by atoms with van der Waals surface area (Å²) in [6, 6.07) is 3.70. The minimum absolute atomic E-state index is 0.104. The predicted octanol–water partition coefficient (Wildman–Crippen LogP) is 1.64. The molecule has 4 nitrogen and oxygen atoms in total. The predicted molar refractivity (Wildman–Crippen MR) is 57.7 cm³/mol. The van der Waals surface area contributed by atoms with Gasteiger partial charge in [0.2, 0.25) is 0 Å². The van der Waals surface area contributed by atoms with Gasteiger partial charge in [-0.05, 0) is 26.0 Å². The minimum Gasteiger partial charge on any atom is -0.464 e. The summed E-state index contributed by atoms with van der Waals surface area (Å²) in [4.78, 5) is 0. The molecule has 0 bridgehead atoms. The van der Waals surface area contributed by atoms with Crippen molar-refractivity contribution in [3.63, 3.8) is 0 Å². The van der Waals surface area contributed by atoms with Crippen molar-refractivity contribution in [3.05, 3.63) is 23.7 Å². The van der Waals surface area contributed by atoms with Gasteiger partial charge >= 0.3 is 0 Å². The van der Waals surface area contributed by atoms with Crippen molar-refractivity contribution < 1.29 is 13.9 Å². The molecule has 0 radical (unpaired) electrons. The number of furan rings is 1. The van der Waals surface area contributed by atoms with Gasteiger partial charge in [-0.25, -0.2) is 0 Å². The maximum absolute atomic E-state index is 5.83. The zero-order valence-electron chi connectivity index (χ0n) is 9.53. The van der Waals surface area contributed by atoms with E-state index in [1.807, 2.05) is 26.0 Å². The Balaban J connectivity index is 2.58. The van der Waals surface area contributed by atoms with E-state index in [-0.39, 0.29) is 12.1 Å². The molecule has 86 valence electrons. The van der Waals surface area contributed by atoms with Crippen LogP contribution in [0.4, 0.5) is 0 Å². The second kappa shape index (κ2) is 5.90. The maximum atomic E-state index is 5.83. The van der Waals surface area contributed by atoms with Gasteiger partial charge in [0.15, 0.2) is 0 Å². The van der Waals surface area contributed by atoms with Gasteiger partial charge in [-0.3, -0.25) is 0 Å². The van der Waals surface area contributed by atoms with Crippen LogP contribution in [0.5, 0.6) is 0 Å². The highest BCUT2D eigenvalue weighted by molar-refractivity contribution is 5.09. The normalized spacial score (nSPS) is 15.2. The summed E-state index contributed by atoms with van der Waals surface area (Å²) in [7, 11) is 1.64. The molecule has 0 aromatic carbocycles. The number of aryl methyl sites for hydroxylation is 1. The molecule has 2 N–H and O–H groups in total. The van der Waals surface area contributed by atoms with Crippen molar-refractivity contribution in [1.29, 1.82) is 0 Å². The Morgan fingerprint density at radius 3 is 2.60 bits per heavy atom. The Morgan fingerprint density at radius 1 is 1.40 bits per heavy atom. The molecule has 2 atom stereocenters. The van der Waals surface area contributed by atoms with Crippen LogP contribution in [-0.2, 0) is 9.47 Å². The number of methoxy groups -OCH3 is 1. The van der Waals surface area contributed by atoms with E-state index in [1.54, 1.807) is 7.11 Å². The van der Waals surface area contributed by atoms with Crippen molar-refractivity contribution in [2.45, 2.75) is 26.0 Å². The lowest BCUT2D eigenvalue weighted by molar-refractivity contribution is -0.00470. The smallest absolute Gasteiger partial charge is 0.134 e. The summed E-state index contributed by atoms with van der Waals surface area (Å²) < 4.78 is 16.0.